The fraction of sp³-hybridized carbons (Fsp3) is 0.278. The Hall–Kier alpha value is -3.09. The van der Waals surface area contributed by atoms with E-state index in [0.29, 0.717) is 30.8 Å². The molecule has 0 saturated heterocycles. The first kappa shape index (κ1) is 16.8. The van der Waals surface area contributed by atoms with Gasteiger partial charge in [0.05, 0.1) is 6.54 Å². The minimum Gasteiger partial charge on any atom is -0.383 e. The number of carbonyl (C=O) groups is 1. The minimum absolute atomic E-state index is 0.0814. The van der Waals surface area contributed by atoms with Gasteiger partial charge in [0.15, 0.2) is 5.65 Å². The van der Waals surface area contributed by atoms with Crippen LogP contribution < -0.4 is 16.3 Å². The summed E-state index contributed by atoms with van der Waals surface area (Å²) in [5.74, 6) is -0.0814. The molecule has 0 spiro atoms. The summed E-state index contributed by atoms with van der Waals surface area (Å²) in [7, 11) is 0. The van der Waals surface area contributed by atoms with Crippen LogP contribution in [0.4, 0.5) is 5.69 Å². The zero-order valence-electron chi connectivity index (χ0n) is 14.1. The number of amides is 1. The molecule has 2 N–H and O–H groups in total. The summed E-state index contributed by atoms with van der Waals surface area (Å²) in [5, 5.41) is 10.4. The van der Waals surface area contributed by atoms with Crippen LogP contribution in [0.15, 0.2) is 53.5 Å². The molecule has 1 aromatic carbocycles. The number of hydrogen-bond donors (Lipinski definition) is 2. The van der Waals surface area contributed by atoms with Gasteiger partial charge in [0, 0.05) is 30.5 Å². The van der Waals surface area contributed by atoms with E-state index in [1.54, 1.807) is 30.5 Å². The number of anilines is 1. The van der Waals surface area contributed by atoms with Gasteiger partial charge in [0.2, 0.25) is 0 Å². The number of hydrogen-bond acceptors (Lipinski definition) is 4. The summed E-state index contributed by atoms with van der Waals surface area (Å²) in [6.07, 6.45) is 2.60. The molecule has 25 heavy (non-hydrogen) atoms. The third-order valence-corrected chi connectivity index (χ3v) is 3.80. The van der Waals surface area contributed by atoms with Crippen molar-refractivity contribution in [2.75, 3.05) is 18.4 Å². The second-order valence-electron chi connectivity index (χ2n) is 5.70. The Morgan fingerprint density at radius 2 is 2.04 bits per heavy atom. The largest absolute Gasteiger partial charge is 0.383 e. The summed E-state index contributed by atoms with van der Waals surface area (Å²) in [5.41, 5.74) is 1.91. The van der Waals surface area contributed by atoms with Crippen LogP contribution in [-0.2, 0) is 6.54 Å². The molecule has 3 aromatic rings. The third kappa shape index (κ3) is 3.88. The molecule has 0 radical (unpaired) electrons. The lowest BCUT2D eigenvalue weighted by molar-refractivity contribution is 0.0953. The molecular formula is C18H21N5O2. The van der Waals surface area contributed by atoms with Crippen LogP contribution in [0.3, 0.4) is 0 Å². The third-order valence-electron chi connectivity index (χ3n) is 3.80. The quantitative estimate of drug-likeness (QED) is 0.687. The van der Waals surface area contributed by atoms with Crippen molar-refractivity contribution in [1.29, 1.82) is 0 Å². The summed E-state index contributed by atoms with van der Waals surface area (Å²) in [4.78, 5) is 24.2. The SMILES string of the molecule is CCCNC(=O)c1cccc(NCCn2nc3ccccn3c2=O)c1. The van der Waals surface area contributed by atoms with Crippen LogP contribution >= 0.6 is 0 Å². The summed E-state index contributed by atoms with van der Waals surface area (Å²) in [6, 6.07) is 12.8. The van der Waals surface area contributed by atoms with Gasteiger partial charge in [-0.15, -0.1) is 5.10 Å². The van der Waals surface area contributed by atoms with E-state index >= 15 is 0 Å². The van der Waals surface area contributed by atoms with Crippen LogP contribution in [0.1, 0.15) is 23.7 Å². The van der Waals surface area contributed by atoms with Crippen LogP contribution in [0.25, 0.3) is 5.65 Å². The van der Waals surface area contributed by atoms with Gasteiger partial charge < -0.3 is 10.6 Å². The Labute approximate surface area is 145 Å². The van der Waals surface area contributed by atoms with Crippen molar-refractivity contribution in [1.82, 2.24) is 19.5 Å². The normalized spacial score (nSPS) is 10.8. The highest BCUT2D eigenvalue weighted by Gasteiger charge is 2.07. The molecule has 2 heterocycles. The van der Waals surface area contributed by atoms with E-state index in [-0.39, 0.29) is 11.6 Å². The van der Waals surface area contributed by atoms with Crippen molar-refractivity contribution >= 4 is 17.2 Å². The monoisotopic (exact) mass is 339 g/mol. The molecule has 0 saturated carbocycles. The molecule has 0 aliphatic carbocycles. The highest BCUT2D eigenvalue weighted by Crippen LogP contribution is 2.10. The highest BCUT2D eigenvalue weighted by molar-refractivity contribution is 5.95. The van der Waals surface area contributed by atoms with E-state index in [1.165, 1.54) is 9.08 Å². The lowest BCUT2D eigenvalue weighted by atomic mass is 10.2. The number of benzene rings is 1. The maximum atomic E-state index is 12.2. The van der Waals surface area contributed by atoms with E-state index in [2.05, 4.69) is 15.7 Å². The topological polar surface area (TPSA) is 80.4 Å². The van der Waals surface area contributed by atoms with E-state index in [4.69, 9.17) is 0 Å². The van der Waals surface area contributed by atoms with Gasteiger partial charge in [-0.05, 0) is 36.8 Å². The van der Waals surface area contributed by atoms with E-state index in [1.807, 2.05) is 25.1 Å². The average Bonchev–Trinajstić information content (AvgIpc) is 2.96. The van der Waals surface area contributed by atoms with E-state index < -0.39 is 0 Å². The number of nitrogens with one attached hydrogen (secondary N) is 2. The van der Waals surface area contributed by atoms with Gasteiger partial charge in [-0.25, -0.2) is 9.48 Å². The molecule has 7 heteroatoms. The minimum atomic E-state index is -0.162. The second kappa shape index (κ2) is 7.65. The van der Waals surface area contributed by atoms with Gasteiger partial charge in [-0.2, -0.15) is 0 Å². The molecular weight excluding hydrogens is 318 g/mol. The van der Waals surface area contributed by atoms with Gasteiger partial charge in [-0.1, -0.05) is 19.1 Å². The molecule has 3 rings (SSSR count). The molecule has 0 aliphatic heterocycles. The molecule has 0 atom stereocenters. The standard InChI is InChI=1S/C18H21N5O2/c1-2-9-20-17(24)14-6-5-7-15(13-14)19-10-12-23-18(25)22-11-4-3-8-16(22)21-23/h3-8,11,13,19H,2,9-10,12H2,1H3,(H,20,24). The van der Waals surface area contributed by atoms with E-state index in [0.717, 1.165) is 12.1 Å². The second-order valence-corrected chi connectivity index (χ2v) is 5.70. The lowest BCUT2D eigenvalue weighted by Gasteiger charge is -2.08. The smallest absolute Gasteiger partial charge is 0.350 e. The number of fused-ring (bicyclic) bond motifs is 1. The van der Waals surface area contributed by atoms with Gasteiger partial charge in [0.1, 0.15) is 0 Å². The van der Waals surface area contributed by atoms with Crippen molar-refractivity contribution in [2.24, 2.45) is 0 Å². The first-order valence-electron chi connectivity index (χ1n) is 8.35. The highest BCUT2D eigenvalue weighted by atomic mass is 16.2. The number of rotatable bonds is 7. The molecule has 0 fully saturated rings. The molecule has 130 valence electrons. The Morgan fingerprint density at radius 3 is 2.84 bits per heavy atom. The van der Waals surface area contributed by atoms with Gasteiger partial charge >= 0.3 is 5.69 Å². The van der Waals surface area contributed by atoms with Crippen LogP contribution in [0.2, 0.25) is 0 Å². The van der Waals surface area contributed by atoms with Crippen molar-refractivity contribution < 1.29 is 4.79 Å². The van der Waals surface area contributed by atoms with Gasteiger partial charge in [0.25, 0.3) is 5.91 Å². The number of pyridine rings is 1. The van der Waals surface area contributed by atoms with Crippen LogP contribution in [0.5, 0.6) is 0 Å². The van der Waals surface area contributed by atoms with Crippen molar-refractivity contribution in [3.63, 3.8) is 0 Å². The Morgan fingerprint density at radius 1 is 1.16 bits per heavy atom. The average molecular weight is 339 g/mol. The van der Waals surface area contributed by atoms with E-state index in [9.17, 15) is 9.59 Å². The predicted molar refractivity (Wildman–Crippen MR) is 97.0 cm³/mol. The molecule has 2 aromatic heterocycles. The fourth-order valence-corrected chi connectivity index (χ4v) is 2.53. The van der Waals surface area contributed by atoms with Crippen molar-refractivity contribution in [3.05, 3.63) is 64.7 Å². The first-order valence-corrected chi connectivity index (χ1v) is 8.35. The number of carbonyl (C=O) groups excluding carboxylic acids is 1. The van der Waals surface area contributed by atoms with Crippen molar-refractivity contribution in [2.45, 2.75) is 19.9 Å². The molecule has 0 bridgehead atoms. The molecule has 0 unspecified atom stereocenters. The predicted octanol–water partition coefficient (Wildman–Crippen LogP) is 1.75. The Bertz CT molecular complexity index is 928. The zero-order chi connectivity index (χ0) is 17.6. The maximum Gasteiger partial charge on any atom is 0.350 e. The van der Waals surface area contributed by atoms with Crippen LogP contribution in [-0.4, -0.2) is 33.2 Å². The Balaban J connectivity index is 1.62. The fourth-order valence-electron chi connectivity index (χ4n) is 2.53. The lowest BCUT2D eigenvalue weighted by Crippen LogP contribution is -2.25. The summed E-state index contributed by atoms with van der Waals surface area (Å²) < 4.78 is 2.94. The van der Waals surface area contributed by atoms with Crippen LogP contribution in [0, 0.1) is 0 Å². The summed E-state index contributed by atoms with van der Waals surface area (Å²) >= 11 is 0. The number of aromatic nitrogens is 3. The molecule has 0 aliphatic rings. The maximum absolute atomic E-state index is 12.2. The molecule has 7 nitrogen and oxygen atoms in total. The number of nitrogens with zero attached hydrogens (tertiary/aromatic N) is 3. The molecule has 1 amide bonds. The first-order chi connectivity index (χ1) is 12.2. The Kier molecular flexibility index (Phi) is 5.13. The summed E-state index contributed by atoms with van der Waals surface area (Å²) in [6.45, 7) is 3.64. The zero-order valence-corrected chi connectivity index (χ0v) is 14.1. The van der Waals surface area contributed by atoms with Crippen molar-refractivity contribution in [3.8, 4) is 0 Å². The van der Waals surface area contributed by atoms with Gasteiger partial charge in [-0.3, -0.25) is 9.20 Å².